The van der Waals surface area contributed by atoms with Crippen LogP contribution in [0, 0.1) is 13.8 Å². The summed E-state index contributed by atoms with van der Waals surface area (Å²) in [6.45, 7) is 10.2. The number of carbonyl (C=O) groups is 1. The zero-order valence-corrected chi connectivity index (χ0v) is 19.3. The largest absolute Gasteiger partial charge is 0.483 e. The zero-order valence-electron chi connectivity index (χ0n) is 17.8. The highest BCUT2D eigenvalue weighted by atomic mass is 35.5. The van der Waals surface area contributed by atoms with Crippen molar-refractivity contribution < 1.29 is 9.53 Å². The van der Waals surface area contributed by atoms with Crippen molar-refractivity contribution in [3.05, 3.63) is 77.1 Å². The number of benzene rings is 2. The first-order valence-electron chi connectivity index (χ1n) is 9.83. The SMILES string of the molecule is C=CCn1c(SCC(=O)Nc2cc(C)ccc2C)nnc1C(C)Oc1cccc(Cl)c1. The van der Waals surface area contributed by atoms with Crippen molar-refractivity contribution in [3.63, 3.8) is 0 Å². The molecule has 3 aromatic rings. The summed E-state index contributed by atoms with van der Waals surface area (Å²) >= 11 is 7.36. The highest BCUT2D eigenvalue weighted by Crippen LogP contribution is 2.26. The molecule has 6 nitrogen and oxygen atoms in total. The number of hydrogen-bond donors (Lipinski definition) is 1. The number of rotatable bonds is 9. The molecule has 8 heteroatoms. The molecule has 1 heterocycles. The number of aryl methyl sites for hydroxylation is 2. The molecule has 162 valence electrons. The van der Waals surface area contributed by atoms with E-state index < -0.39 is 0 Å². The van der Waals surface area contributed by atoms with Crippen molar-refractivity contribution in [3.8, 4) is 5.75 Å². The first-order chi connectivity index (χ1) is 14.9. The van der Waals surface area contributed by atoms with Crippen LogP contribution in [0.2, 0.25) is 5.02 Å². The van der Waals surface area contributed by atoms with E-state index in [2.05, 4.69) is 22.1 Å². The number of anilines is 1. The molecule has 31 heavy (non-hydrogen) atoms. The zero-order chi connectivity index (χ0) is 22.4. The van der Waals surface area contributed by atoms with Crippen LogP contribution in [0.5, 0.6) is 5.75 Å². The third-order valence-electron chi connectivity index (χ3n) is 4.53. The van der Waals surface area contributed by atoms with E-state index in [-0.39, 0.29) is 17.8 Å². The Balaban J connectivity index is 1.68. The second-order valence-electron chi connectivity index (χ2n) is 7.11. The van der Waals surface area contributed by atoms with Gasteiger partial charge in [0.25, 0.3) is 0 Å². The fourth-order valence-electron chi connectivity index (χ4n) is 2.99. The lowest BCUT2D eigenvalue weighted by molar-refractivity contribution is -0.113. The van der Waals surface area contributed by atoms with Crippen molar-refractivity contribution in [2.75, 3.05) is 11.1 Å². The highest BCUT2D eigenvalue weighted by Gasteiger charge is 2.20. The van der Waals surface area contributed by atoms with Crippen LogP contribution >= 0.6 is 23.4 Å². The second kappa shape index (κ2) is 10.5. The Labute approximate surface area is 191 Å². The van der Waals surface area contributed by atoms with E-state index in [1.807, 2.05) is 55.7 Å². The molecule has 0 radical (unpaired) electrons. The van der Waals surface area contributed by atoms with Gasteiger partial charge in [-0.3, -0.25) is 9.36 Å². The van der Waals surface area contributed by atoms with Crippen LogP contribution < -0.4 is 10.1 Å². The number of thioether (sulfide) groups is 1. The number of carbonyl (C=O) groups excluding carboxylic acids is 1. The minimum Gasteiger partial charge on any atom is -0.483 e. The summed E-state index contributed by atoms with van der Waals surface area (Å²) in [5, 5.41) is 12.8. The summed E-state index contributed by atoms with van der Waals surface area (Å²) in [5.41, 5.74) is 2.94. The van der Waals surface area contributed by atoms with Gasteiger partial charge in [-0.25, -0.2) is 0 Å². The number of amides is 1. The average Bonchev–Trinajstić information content (AvgIpc) is 3.12. The fraction of sp³-hybridized carbons (Fsp3) is 0.261. The highest BCUT2D eigenvalue weighted by molar-refractivity contribution is 7.99. The van der Waals surface area contributed by atoms with Gasteiger partial charge in [0.15, 0.2) is 17.1 Å². The third-order valence-corrected chi connectivity index (χ3v) is 5.73. The predicted molar refractivity (Wildman–Crippen MR) is 126 cm³/mol. The molecule has 0 aliphatic carbocycles. The molecule has 1 amide bonds. The Bertz CT molecular complexity index is 1080. The molecular formula is C23H25ClN4O2S. The molecule has 1 unspecified atom stereocenters. The monoisotopic (exact) mass is 456 g/mol. The molecule has 3 rings (SSSR count). The lowest BCUT2D eigenvalue weighted by Crippen LogP contribution is -2.16. The van der Waals surface area contributed by atoms with Crippen LogP contribution in [-0.4, -0.2) is 26.4 Å². The lowest BCUT2D eigenvalue weighted by atomic mass is 10.1. The summed E-state index contributed by atoms with van der Waals surface area (Å²) in [5.74, 6) is 1.41. The normalized spacial score (nSPS) is 11.7. The van der Waals surface area contributed by atoms with Crippen molar-refractivity contribution in [1.29, 1.82) is 0 Å². The summed E-state index contributed by atoms with van der Waals surface area (Å²) in [4.78, 5) is 12.5. The number of hydrogen-bond acceptors (Lipinski definition) is 5. The van der Waals surface area contributed by atoms with E-state index in [0.29, 0.717) is 28.3 Å². The van der Waals surface area contributed by atoms with Gasteiger partial charge in [-0.15, -0.1) is 16.8 Å². The van der Waals surface area contributed by atoms with Gasteiger partial charge < -0.3 is 10.1 Å². The van der Waals surface area contributed by atoms with Gasteiger partial charge in [-0.05, 0) is 56.2 Å². The molecule has 1 aromatic heterocycles. The number of aromatic nitrogens is 3. The standard InChI is InChI=1S/C23H25ClN4O2S/c1-5-11-28-22(17(4)30-19-8-6-7-18(24)13-19)26-27-23(28)31-14-21(29)25-20-12-15(2)9-10-16(20)3/h5-10,12-13,17H,1,11,14H2,2-4H3,(H,25,29). The molecule has 0 saturated carbocycles. The number of nitrogens with one attached hydrogen (secondary N) is 1. The number of halogens is 1. The van der Waals surface area contributed by atoms with Crippen LogP contribution in [0.3, 0.4) is 0 Å². The first kappa shape index (κ1) is 22.9. The topological polar surface area (TPSA) is 69.0 Å². The van der Waals surface area contributed by atoms with Crippen molar-refractivity contribution in [1.82, 2.24) is 14.8 Å². The number of ether oxygens (including phenoxy) is 1. The summed E-state index contributed by atoms with van der Waals surface area (Å²) in [6.07, 6.45) is 1.41. The second-order valence-corrected chi connectivity index (χ2v) is 8.49. The Hall–Kier alpha value is -2.77. The molecule has 0 aliphatic heterocycles. The maximum atomic E-state index is 12.5. The van der Waals surface area contributed by atoms with E-state index in [1.165, 1.54) is 11.8 Å². The van der Waals surface area contributed by atoms with E-state index in [1.54, 1.807) is 18.2 Å². The molecule has 2 aromatic carbocycles. The van der Waals surface area contributed by atoms with Gasteiger partial charge in [0, 0.05) is 17.3 Å². The maximum absolute atomic E-state index is 12.5. The van der Waals surface area contributed by atoms with E-state index in [4.69, 9.17) is 16.3 Å². The molecule has 1 atom stereocenters. The molecule has 0 bridgehead atoms. The maximum Gasteiger partial charge on any atom is 0.234 e. The van der Waals surface area contributed by atoms with Gasteiger partial charge in [0.05, 0.1) is 5.75 Å². The average molecular weight is 457 g/mol. The Morgan fingerprint density at radius 1 is 1.29 bits per heavy atom. The van der Waals surface area contributed by atoms with Crippen molar-refractivity contribution >= 4 is 35.0 Å². The predicted octanol–water partition coefficient (Wildman–Crippen LogP) is 5.61. The Morgan fingerprint density at radius 2 is 2.10 bits per heavy atom. The number of allylic oxidation sites excluding steroid dienone is 1. The smallest absolute Gasteiger partial charge is 0.234 e. The van der Waals surface area contributed by atoms with Crippen LogP contribution in [-0.2, 0) is 11.3 Å². The molecule has 1 N–H and O–H groups in total. The van der Waals surface area contributed by atoms with Gasteiger partial charge in [-0.2, -0.15) is 0 Å². The van der Waals surface area contributed by atoms with Gasteiger partial charge >= 0.3 is 0 Å². The van der Waals surface area contributed by atoms with E-state index in [0.717, 1.165) is 16.8 Å². The summed E-state index contributed by atoms with van der Waals surface area (Å²) in [6, 6.07) is 13.2. The van der Waals surface area contributed by atoms with Gasteiger partial charge in [0.2, 0.25) is 5.91 Å². The first-order valence-corrected chi connectivity index (χ1v) is 11.2. The Morgan fingerprint density at radius 3 is 2.84 bits per heavy atom. The molecule has 0 saturated heterocycles. The quantitative estimate of drug-likeness (QED) is 0.335. The van der Waals surface area contributed by atoms with Crippen LogP contribution in [0.1, 0.15) is 30.0 Å². The fourth-order valence-corrected chi connectivity index (χ4v) is 3.93. The molecule has 0 fully saturated rings. The van der Waals surface area contributed by atoms with Crippen molar-refractivity contribution in [2.45, 2.75) is 38.6 Å². The summed E-state index contributed by atoms with van der Waals surface area (Å²) in [7, 11) is 0. The molecule has 0 spiro atoms. The Kier molecular flexibility index (Phi) is 7.76. The number of nitrogens with zero attached hydrogens (tertiary/aromatic N) is 3. The molecular weight excluding hydrogens is 432 g/mol. The third kappa shape index (κ3) is 6.12. The van der Waals surface area contributed by atoms with Gasteiger partial charge in [0.1, 0.15) is 5.75 Å². The minimum absolute atomic E-state index is 0.100. The van der Waals surface area contributed by atoms with E-state index >= 15 is 0 Å². The van der Waals surface area contributed by atoms with E-state index in [9.17, 15) is 4.79 Å². The van der Waals surface area contributed by atoms with Crippen molar-refractivity contribution in [2.24, 2.45) is 0 Å². The minimum atomic E-state index is -0.357. The van der Waals surface area contributed by atoms with Crippen LogP contribution in [0.15, 0.2) is 60.3 Å². The van der Waals surface area contributed by atoms with Crippen LogP contribution in [0.25, 0.3) is 0 Å². The van der Waals surface area contributed by atoms with Crippen LogP contribution in [0.4, 0.5) is 5.69 Å². The summed E-state index contributed by atoms with van der Waals surface area (Å²) < 4.78 is 7.88. The lowest BCUT2D eigenvalue weighted by Gasteiger charge is -2.16. The molecule has 0 aliphatic rings. The van der Waals surface area contributed by atoms with Gasteiger partial charge in [-0.1, -0.05) is 47.6 Å².